The van der Waals surface area contributed by atoms with Crippen LogP contribution < -0.4 is 5.73 Å². The third-order valence-electron chi connectivity index (χ3n) is 4.91. The van der Waals surface area contributed by atoms with Crippen LogP contribution in [0.2, 0.25) is 0 Å². The average Bonchev–Trinajstić information content (AvgIpc) is 2.74. The lowest BCUT2D eigenvalue weighted by atomic mass is 9.99. The molecule has 1 unspecified atom stereocenters. The van der Waals surface area contributed by atoms with Crippen molar-refractivity contribution >= 4 is 11.6 Å². The Balaban J connectivity index is 1.64. The van der Waals surface area contributed by atoms with Gasteiger partial charge in [-0.1, -0.05) is 6.42 Å². The van der Waals surface area contributed by atoms with Crippen LogP contribution in [0, 0.1) is 13.8 Å². The summed E-state index contributed by atoms with van der Waals surface area (Å²) in [4.78, 5) is 17.1. The Morgan fingerprint density at radius 2 is 2.10 bits per heavy atom. The topological polar surface area (TPSA) is 67.4 Å². The molecule has 3 rings (SSSR count). The monoisotopic (exact) mass is 291 g/mol. The number of nitrogens with two attached hydrogens (primary N) is 1. The molecule has 1 atom stereocenters. The first-order valence-corrected chi connectivity index (χ1v) is 7.87. The molecule has 0 saturated carbocycles. The molecule has 0 radical (unpaired) electrons. The van der Waals surface area contributed by atoms with E-state index in [0.29, 0.717) is 18.3 Å². The Bertz CT molecular complexity index is 538. The number of carbonyl (C=O) groups excluding carboxylic acids is 1. The molecule has 2 fully saturated rings. The molecule has 1 aromatic heterocycles. The van der Waals surface area contributed by atoms with Crippen LogP contribution in [-0.2, 0) is 11.3 Å². The average molecular weight is 291 g/mol. The van der Waals surface area contributed by atoms with Gasteiger partial charge in [-0.15, -0.1) is 0 Å². The van der Waals surface area contributed by atoms with E-state index in [1.165, 1.54) is 25.8 Å². The number of anilines is 1. The van der Waals surface area contributed by atoms with Gasteiger partial charge in [-0.25, -0.2) is 0 Å². The van der Waals surface area contributed by atoms with E-state index in [4.69, 9.17) is 5.73 Å². The summed E-state index contributed by atoms with van der Waals surface area (Å²) >= 11 is 0. The minimum absolute atomic E-state index is 0.158. The van der Waals surface area contributed by atoms with Crippen molar-refractivity contribution in [3.8, 4) is 0 Å². The predicted octanol–water partition coefficient (Wildman–Crippen LogP) is 0.779. The summed E-state index contributed by atoms with van der Waals surface area (Å²) in [5.41, 5.74) is 8.31. The van der Waals surface area contributed by atoms with Gasteiger partial charge in [0.25, 0.3) is 0 Å². The summed E-state index contributed by atoms with van der Waals surface area (Å²) in [6.45, 7) is 8.01. The molecule has 21 heavy (non-hydrogen) atoms. The third-order valence-corrected chi connectivity index (χ3v) is 4.91. The number of hydrogen-bond acceptors (Lipinski definition) is 4. The Labute approximate surface area is 125 Å². The first kappa shape index (κ1) is 14.4. The van der Waals surface area contributed by atoms with E-state index in [9.17, 15) is 4.79 Å². The molecule has 0 spiro atoms. The molecule has 0 bridgehead atoms. The molecule has 6 nitrogen and oxygen atoms in total. The molecule has 1 amide bonds. The second-order valence-electron chi connectivity index (χ2n) is 6.27. The Morgan fingerprint density at radius 3 is 2.81 bits per heavy atom. The molecule has 2 aliphatic rings. The summed E-state index contributed by atoms with van der Waals surface area (Å²) in [5.74, 6) is 0.158. The molecular weight excluding hydrogens is 266 g/mol. The fourth-order valence-electron chi connectivity index (χ4n) is 3.48. The van der Waals surface area contributed by atoms with E-state index >= 15 is 0 Å². The summed E-state index contributed by atoms with van der Waals surface area (Å²) in [6.07, 6.45) is 3.81. The molecule has 116 valence electrons. The van der Waals surface area contributed by atoms with Crippen LogP contribution in [0.3, 0.4) is 0 Å². The van der Waals surface area contributed by atoms with Gasteiger partial charge in [-0.2, -0.15) is 5.10 Å². The SMILES string of the molecule is Cc1nn(CC(=O)N2CCN3CCCCC3C2)c(C)c1N. The third kappa shape index (κ3) is 2.77. The van der Waals surface area contributed by atoms with E-state index in [-0.39, 0.29) is 5.91 Å². The molecule has 0 aromatic carbocycles. The van der Waals surface area contributed by atoms with Gasteiger partial charge in [0.05, 0.1) is 17.1 Å². The maximum atomic E-state index is 12.5. The van der Waals surface area contributed by atoms with Crippen LogP contribution in [-0.4, -0.2) is 57.7 Å². The summed E-state index contributed by atoms with van der Waals surface area (Å²) in [7, 11) is 0. The number of piperazine rings is 1. The largest absolute Gasteiger partial charge is 0.396 e. The first-order chi connectivity index (χ1) is 10.1. The number of fused-ring (bicyclic) bond motifs is 1. The van der Waals surface area contributed by atoms with Crippen LogP contribution in [0.25, 0.3) is 0 Å². The number of aryl methyl sites for hydroxylation is 1. The number of carbonyl (C=O) groups is 1. The number of hydrogen-bond donors (Lipinski definition) is 1. The van der Waals surface area contributed by atoms with Gasteiger partial charge in [0.2, 0.25) is 5.91 Å². The molecule has 2 N–H and O–H groups in total. The zero-order valence-electron chi connectivity index (χ0n) is 13.0. The van der Waals surface area contributed by atoms with E-state index in [1.807, 2.05) is 18.7 Å². The van der Waals surface area contributed by atoms with E-state index in [1.54, 1.807) is 4.68 Å². The van der Waals surface area contributed by atoms with Crippen LogP contribution in [0.1, 0.15) is 30.7 Å². The highest BCUT2D eigenvalue weighted by molar-refractivity contribution is 5.76. The number of nitrogens with zero attached hydrogens (tertiary/aromatic N) is 4. The lowest BCUT2D eigenvalue weighted by Gasteiger charge is -2.44. The fraction of sp³-hybridized carbons (Fsp3) is 0.733. The molecule has 6 heteroatoms. The van der Waals surface area contributed by atoms with E-state index < -0.39 is 0 Å². The van der Waals surface area contributed by atoms with Crippen molar-refractivity contribution in [1.29, 1.82) is 0 Å². The maximum Gasteiger partial charge on any atom is 0.244 e. The first-order valence-electron chi connectivity index (χ1n) is 7.87. The van der Waals surface area contributed by atoms with Crippen LogP contribution in [0.15, 0.2) is 0 Å². The van der Waals surface area contributed by atoms with Gasteiger partial charge < -0.3 is 10.6 Å². The second kappa shape index (κ2) is 5.67. The minimum atomic E-state index is 0.158. The standard InChI is InChI=1S/C15H25N5O/c1-11-15(16)12(2)20(17-11)10-14(21)19-8-7-18-6-4-3-5-13(18)9-19/h13H,3-10,16H2,1-2H3. The summed E-state index contributed by atoms with van der Waals surface area (Å²) in [6, 6.07) is 0.557. The number of nitrogen functional groups attached to an aromatic ring is 1. The number of piperidine rings is 1. The van der Waals surface area contributed by atoms with Gasteiger partial charge >= 0.3 is 0 Å². The Morgan fingerprint density at radius 1 is 1.29 bits per heavy atom. The summed E-state index contributed by atoms with van der Waals surface area (Å²) in [5, 5.41) is 4.36. The zero-order valence-corrected chi connectivity index (χ0v) is 13.0. The van der Waals surface area contributed by atoms with Gasteiger partial charge in [0, 0.05) is 25.7 Å². The number of aromatic nitrogens is 2. The van der Waals surface area contributed by atoms with Crippen molar-refractivity contribution in [3.63, 3.8) is 0 Å². The summed E-state index contributed by atoms with van der Waals surface area (Å²) < 4.78 is 1.74. The maximum absolute atomic E-state index is 12.5. The molecule has 1 aromatic rings. The lowest BCUT2D eigenvalue weighted by molar-refractivity contribution is -0.135. The lowest BCUT2D eigenvalue weighted by Crippen LogP contribution is -2.56. The van der Waals surface area contributed by atoms with Crippen molar-refractivity contribution < 1.29 is 4.79 Å². The van der Waals surface area contributed by atoms with Gasteiger partial charge in [-0.3, -0.25) is 14.4 Å². The molecular formula is C15H25N5O. The molecule has 2 saturated heterocycles. The molecule has 0 aliphatic carbocycles. The van der Waals surface area contributed by atoms with Crippen LogP contribution >= 0.6 is 0 Å². The predicted molar refractivity (Wildman–Crippen MR) is 81.9 cm³/mol. The van der Waals surface area contributed by atoms with E-state index in [0.717, 1.165) is 31.0 Å². The van der Waals surface area contributed by atoms with Crippen molar-refractivity contribution in [2.24, 2.45) is 0 Å². The smallest absolute Gasteiger partial charge is 0.244 e. The van der Waals surface area contributed by atoms with Crippen molar-refractivity contribution in [2.45, 2.75) is 45.7 Å². The zero-order chi connectivity index (χ0) is 15.0. The fourth-order valence-corrected chi connectivity index (χ4v) is 3.48. The highest BCUT2D eigenvalue weighted by atomic mass is 16.2. The highest BCUT2D eigenvalue weighted by Crippen LogP contribution is 2.21. The van der Waals surface area contributed by atoms with Crippen molar-refractivity contribution in [3.05, 3.63) is 11.4 Å². The van der Waals surface area contributed by atoms with Crippen LogP contribution in [0.5, 0.6) is 0 Å². The van der Waals surface area contributed by atoms with Gasteiger partial charge in [-0.05, 0) is 33.2 Å². The Kier molecular flexibility index (Phi) is 3.89. The van der Waals surface area contributed by atoms with E-state index in [2.05, 4.69) is 10.00 Å². The quantitative estimate of drug-likeness (QED) is 0.874. The number of amides is 1. The molecule has 2 aliphatic heterocycles. The minimum Gasteiger partial charge on any atom is -0.396 e. The molecule has 3 heterocycles. The van der Waals surface area contributed by atoms with Crippen LogP contribution in [0.4, 0.5) is 5.69 Å². The van der Waals surface area contributed by atoms with Gasteiger partial charge in [0.15, 0.2) is 0 Å². The highest BCUT2D eigenvalue weighted by Gasteiger charge is 2.31. The number of rotatable bonds is 2. The Hall–Kier alpha value is -1.56. The van der Waals surface area contributed by atoms with Crippen molar-refractivity contribution in [1.82, 2.24) is 19.6 Å². The second-order valence-corrected chi connectivity index (χ2v) is 6.27. The van der Waals surface area contributed by atoms with Gasteiger partial charge in [0.1, 0.15) is 6.54 Å². The van der Waals surface area contributed by atoms with Crippen molar-refractivity contribution in [2.75, 3.05) is 31.9 Å². The normalized spacial score (nSPS) is 23.1.